The van der Waals surface area contributed by atoms with Gasteiger partial charge in [-0.25, -0.2) is 0 Å². The third kappa shape index (κ3) is 7.79. The molecule has 6 heteroatoms. The minimum atomic E-state index is -0.753. The van der Waals surface area contributed by atoms with E-state index in [0.29, 0.717) is 32.6 Å². The lowest BCUT2D eigenvalue weighted by molar-refractivity contribution is -0.164. The van der Waals surface area contributed by atoms with Crippen molar-refractivity contribution in [2.45, 2.75) is 40.5 Å². The second kappa shape index (κ2) is 9.88. The minimum absolute atomic E-state index is 0.221. The molecule has 0 amide bonds. The van der Waals surface area contributed by atoms with Gasteiger partial charge in [-0.2, -0.15) is 0 Å². The van der Waals surface area contributed by atoms with Crippen molar-refractivity contribution < 1.29 is 23.8 Å². The lowest BCUT2D eigenvalue weighted by Crippen LogP contribution is -2.39. The Bertz CT molecular complexity index is 381. The maximum atomic E-state index is 12.3. The van der Waals surface area contributed by atoms with Crippen LogP contribution in [0.2, 0.25) is 0 Å². The summed E-state index contributed by atoms with van der Waals surface area (Å²) in [6.45, 7) is 8.97. The van der Waals surface area contributed by atoms with Crippen LogP contribution in [-0.4, -0.2) is 64.4 Å². The molecule has 0 aliphatic rings. The third-order valence-corrected chi connectivity index (χ3v) is 3.95. The first kappa shape index (κ1) is 21.9. The number of hydrogen-bond acceptors (Lipinski definition) is 6. The van der Waals surface area contributed by atoms with Crippen LogP contribution in [0.5, 0.6) is 0 Å². The van der Waals surface area contributed by atoms with E-state index in [0.717, 1.165) is 0 Å². The predicted octanol–water partition coefficient (Wildman–Crippen LogP) is 2.11. The van der Waals surface area contributed by atoms with Crippen LogP contribution < -0.4 is 0 Å². The lowest BCUT2D eigenvalue weighted by atomic mass is 9.72. The molecule has 0 fully saturated rings. The van der Waals surface area contributed by atoms with Crippen LogP contribution in [0.15, 0.2) is 0 Å². The molecule has 0 bridgehead atoms. The summed E-state index contributed by atoms with van der Waals surface area (Å²) in [5.74, 6) is -0.588. The Morgan fingerprint density at radius 3 is 2.00 bits per heavy atom. The first-order valence-corrected chi connectivity index (χ1v) is 8.07. The van der Waals surface area contributed by atoms with Crippen molar-refractivity contribution in [1.82, 2.24) is 4.90 Å². The van der Waals surface area contributed by atoms with Gasteiger partial charge in [-0.15, -0.1) is 0 Å². The quantitative estimate of drug-likeness (QED) is 0.427. The summed E-state index contributed by atoms with van der Waals surface area (Å²) in [7, 11) is 5.39. The van der Waals surface area contributed by atoms with Gasteiger partial charge in [0.25, 0.3) is 0 Å². The molecular formula is C17H33NO5. The highest BCUT2D eigenvalue weighted by atomic mass is 16.6. The molecule has 0 aliphatic heterocycles. The summed E-state index contributed by atoms with van der Waals surface area (Å²) >= 11 is 0. The molecule has 0 aromatic heterocycles. The predicted molar refractivity (Wildman–Crippen MR) is 89.1 cm³/mol. The summed E-state index contributed by atoms with van der Waals surface area (Å²) in [6.07, 6.45) is 0.969. The van der Waals surface area contributed by atoms with Gasteiger partial charge in [0.15, 0.2) is 0 Å². The molecular weight excluding hydrogens is 298 g/mol. The standard InChI is InChI=1S/C17H33NO5/c1-8-17(4,15(20)23-12-11-21-7)13-16(2,3)14(19)22-10-9-18(5)6/h8-13H2,1-7H3. The highest BCUT2D eigenvalue weighted by Crippen LogP contribution is 2.38. The zero-order valence-electron chi connectivity index (χ0n) is 15.7. The van der Waals surface area contributed by atoms with Crippen molar-refractivity contribution in [3.8, 4) is 0 Å². The Morgan fingerprint density at radius 1 is 0.957 bits per heavy atom. The van der Waals surface area contributed by atoms with E-state index in [2.05, 4.69) is 0 Å². The number of methoxy groups -OCH3 is 1. The van der Waals surface area contributed by atoms with Crippen LogP contribution >= 0.6 is 0 Å². The van der Waals surface area contributed by atoms with E-state index < -0.39 is 10.8 Å². The topological polar surface area (TPSA) is 65.1 Å². The van der Waals surface area contributed by atoms with E-state index in [-0.39, 0.29) is 18.5 Å². The Balaban J connectivity index is 4.72. The largest absolute Gasteiger partial charge is 0.464 e. The average Bonchev–Trinajstić information content (AvgIpc) is 2.46. The molecule has 0 N–H and O–H groups in total. The van der Waals surface area contributed by atoms with Crippen molar-refractivity contribution in [1.29, 1.82) is 0 Å². The molecule has 0 aromatic rings. The van der Waals surface area contributed by atoms with Gasteiger partial charge in [-0.05, 0) is 47.7 Å². The minimum Gasteiger partial charge on any atom is -0.464 e. The Hall–Kier alpha value is -1.14. The van der Waals surface area contributed by atoms with Gasteiger partial charge in [-0.1, -0.05) is 6.92 Å². The van der Waals surface area contributed by atoms with Gasteiger partial charge in [0.2, 0.25) is 0 Å². The summed E-state index contributed by atoms with van der Waals surface area (Å²) in [4.78, 5) is 26.6. The van der Waals surface area contributed by atoms with Gasteiger partial charge < -0.3 is 19.1 Å². The second-order valence-electron chi connectivity index (χ2n) is 7.04. The van der Waals surface area contributed by atoms with Crippen LogP contribution in [0, 0.1) is 10.8 Å². The number of rotatable bonds is 11. The number of carbonyl (C=O) groups excluding carboxylic acids is 2. The fraction of sp³-hybridized carbons (Fsp3) is 0.882. The summed E-state index contributed by atoms with van der Waals surface area (Å²) in [5, 5.41) is 0. The van der Waals surface area contributed by atoms with Gasteiger partial charge in [-0.3, -0.25) is 9.59 Å². The fourth-order valence-electron chi connectivity index (χ4n) is 2.30. The Labute approximate surface area is 140 Å². The SMILES string of the molecule is CCC(C)(CC(C)(C)C(=O)OCCN(C)C)C(=O)OCCOC. The number of hydrogen-bond donors (Lipinski definition) is 0. The molecule has 0 rings (SSSR count). The average molecular weight is 331 g/mol. The maximum Gasteiger partial charge on any atom is 0.311 e. The van der Waals surface area contributed by atoms with Crippen LogP contribution in [-0.2, 0) is 23.8 Å². The molecule has 0 saturated carbocycles. The van der Waals surface area contributed by atoms with E-state index >= 15 is 0 Å². The zero-order chi connectivity index (χ0) is 18.1. The zero-order valence-corrected chi connectivity index (χ0v) is 15.7. The van der Waals surface area contributed by atoms with Gasteiger partial charge in [0.05, 0.1) is 17.4 Å². The number of ether oxygens (including phenoxy) is 3. The van der Waals surface area contributed by atoms with Gasteiger partial charge in [0, 0.05) is 13.7 Å². The van der Waals surface area contributed by atoms with Gasteiger partial charge >= 0.3 is 11.9 Å². The summed E-state index contributed by atoms with van der Waals surface area (Å²) < 4.78 is 15.5. The van der Waals surface area contributed by atoms with Gasteiger partial charge in [0.1, 0.15) is 13.2 Å². The van der Waals surface area contributed by atoms with Crippen molar-refractivity contribution in [3.05, 3.63) is 0 Å². The van der Waals surface area contributed by atoms with E-state index in [1.165, 1.54) is 0 Å². The van der Waals surface area contributed by atoms with Crippen LogP contribution in [0.4, 0.5) is 0 Å². The first-order valence-electron chi connectivity index (χ1n) is 8.07. The molecule has 0 heterocycles. The highest BCUT2D eigenvalue weighted by Gasteiger charge is 2.42. The normalized spacial score (nSPS) is 14.4. The lowest BCUT2D eigenvalue weighted by Gasteiger charge is -2.33. The van der Waals surface area contributed by atoms with E-state index in [1.54, 1.807) is 21.0 Å². The Morgan fingerprint density at radius 2 is 1.52 bits per heavy atom. The summed E-state index contributed by atoms with van der Waals surface area (Å²) in [6, 6.07) is 0. The molecule has 1 atom stereocenters. The van der Waals surface area contributed by atoms with Crippen molar-refractivity contribution >= 4 is 11.9 Å². The van der Waals surface area contributed by atoms with Crippen LogP contribution in [0.1, 0.15) is 40.5 Å². The second-order valence-corrected chi connectivity index (χ2v) is 7.04. The smallest absolute Gasteiger partial charge is 0.311 e. The summed E-state index contributed by atoms with van der Waals surface area (Å²) in [5.41, 5.74) is -1.48. The van der Waals surface area contributed by atoms with E-state index in [4.69, 9.17) is 14.2 Å². The van der Waals surface area contributed by atoms with Crippen molar-refractivity contribution in [2.24, 2.45) is 10.8 Å². The Kier molecular flexibility index (Phi) is 9.39. The number of likely N-dealkylation sites (N-methyl/N-ethyl adjacent to an activating group) is 1. The van der Waals surface area contributed by atoms with E-state index in [9.17, 15) is 9.59 Å². The molecule has 0 aliphatic carbocycles. The van der Waals surface area contributed by atoms with Crippen LogP contribution in [0.25, 0.3) is 0 Å². The molecule has 0 saturated heterocycles. The maximum absolute atomic E-state index is 12.3. The van der Waals surface area contributed by atoms with E-state index in [1.807, 2.05) is 32.8 Å². The molecule has 23 heavy (non-hydrogen) atoms. The molecule has 1 unspecified atom stereocenters. The first-order chi connectivity index (χ1) is 10.6. The monoisotopic (exact) mass is 331 g/mol. The van der Waals surface area contributed by atoms with Crippen LogP contribution in [0.3, 0.4) is 0 Å². The molecule has 6 nitrogen and oxygen atoms in total. The molecule has 0 radical (unpaired) electrons. The molecule has 136 valence electrons. The number of carbonyl (C=O) groups is 2. The third-order valence-electron chi connectivity index (χ3n) is 3.95. The molecule has 0 spiro atoms. The van der Waals surface area contributed by atoms with Crippen molar-refractivity contribution in [3.63, 3.8) is 0 Å². The van der Waals surface area contributed by atoms with Crippen molar-refractivity contribution in [2.75, 3.05) is 47.6 Å². The highest BCUT2D eigenvalue weighted by molar-refractivity contribution is 5.80. The molecule has 0 aromatic carbocycles. The number of nitrogens with zero attached hydrogens (tertiary/aromatic N) is 1. The number of esters is 2. The fourth-order valence-corrected chi connectivity index (χ4v) is 2.30.